The number of ether oxygens (including phenoxy) is 1. The number of morpholine rings is 1. The lowest BCUT2D eigenvalue weighted by Crippen LogP contribution is -2.44. The molecule has 17 heavy (non-hydrogen) atoms. The smallest absolute Gasteiger partial charge is 0.0824 e. The number of hydrogen-bond acceptors (Lipinski definition) is 3. The van der Waals surface area contributed by atoms with E-state index in [0.29, 0.717) is 6.10 Å². The largest absolute Gasteiger partial charge is 0.374 e. The topological polar surface area (TPSA) is 33.3 Å². The van der Waals surface area contributed by atoms with Crippen LogP contribution in [-0.2, 0) is 11.2 Å². The van der Waals surface area contributed by atoms with E-state index in [-0.39, 0.29) is 0 Å². The first-order valence-corrected chi connectivity index (χ1v) is 6.91. The van der Waals surface area contributed by atoms with Crippen LogP contribution in [0.15, 0.2) is 28.7 Å². The van der Waals surface area contributed by atoms with Crippen LogP contribution in [0.3, 0.4) is 0 Å². The highest BCUT2D eigenvalue weighted by Gasteiger charge is 2.11. The van der Waals surface area contributed by atoms with Gasteiger partial charge in [-0.15, -0.1) is 0 Å². The van der Waals surface area contributed by atoms with Gasteiger partial charge in [-0.25, -0.2) is 0 Å². The maximum atomic E-state index is 5.62. The van der Waals surface area contributed by atoms with Crippen LogP contribution in [0.5, 0.6) is 0 Å². The summed E-state index contributed by atoms with van der Waals surface area (Å²) in [7, 11) is 0. The molecule has 1 fully saturated rings. The second-order valence-electron chi connectivity index (χ2n) is 4.28. The lowest BCUT2D eigenvalue weighted by Gasteiger charge is -2.23. The Bertz CT molecular complexity index is 340. The molecule has 94 valence electrons. The Morgan fingerprint density at radius 3 is 3.18 bits per heavy atom. The van der Waals surface area contributed by atoms with Crippen LogP contribution in [0.4, 0.5) is 0 Å². The van der Waals surface area contributed by atoms with Gasteiger partial charge in [-0.3, -0.25) is 0 Å². The van der Waals surface area contributed by atoms with Crippen molar-refractivity contribution in [1.29, 1.82) is 0 Å². The van der Waals surface area contributed by atoms with Gasteiger partial charge >= 0.3 is 0 Å². The SMILES string of the molecule is Brc1cccc(CCNCC2CNCCO2)c1. The Balaban J connectivity index is 1.62. The lowest BCUT2D eigenvalue weighted by atomic mass is 10.1. The van der Waals surface area contributed by atoms with E-state index >= 15 is 0 Å². The minimum atomic E-state index is 0.325. The van der Waals surface area contributed by atoms with Crippen molar-refractivity contribution in [2.45, 2.75) is 12.5 Å². The summed E-state index contributed by atoms with van der Waals surface area (Å²) in [6.07, 6.45) is 1.38. The van der Waals surface area contributed by atoms with Gasteiger partial charge in [0.15, 0.2) is 0 Å². The second-order valence-corrected chi connectivity index (χ2v) is 5.20. The first-order valence-electron chi connectivity index (χ1n) is 6.12. The fraction of sp³-hybridized carbons (Fsp3) is 0.538. The molecule has 2 rings (SSSR count). The molecule has 1 aromatic carbocycles. The summed E-state index contributed by atoms with van der Waals surface area (Å²) < 4.78 is 6.76. The number of hydrogen-bond donors (Lipinski definition) is 2. The lowest BCUT2D eigenvalue weighted by molar-refractivity contribution is 0.0294. The van der Waals surface area contributed by atoms with Crippen molar-refractivity contribution in [1.82, 2.24) is 10.6 Å². The third-order valence-corrected chi connectivity index (χ3v) is 3.35. The highest BCUT2D eigenvalue weighted by Crippen LogP contribution is 2.11. The molecule has 0 amide bonds. The van der Waals surface area contributed by atoms with Crippen LogP contribution < -0.4 is 10.6 Å². The maximum Gasteiger partial charge on any atom is 0.0824 e. The van der Waals surface area contributed by atoms with Crippen LogP contribution in [-0.4, -0.2) is 38.9 Å². The summed E-state index contributed by atoms with van der Waals surface area (Å²) in [5, 5.41) is 6.77. The quantitative estimate of drug-likeness (QED) is 0.810. The number of halogens is 1. The summed E-state index contributed by atoms with van der Waals surface area (Å²) in [4.78, 5) is 0. The minimum Gasteiger partial charge on any atom is -0.374 e. The van der Waals surface area contributed by atoms with Gasteiger partial charge in [-0.2, -0.15) is 0 Å². The van der Waals surface area contributed by atoms with E-state index in [1.165, 1.54) is 5.56 Å². The number of benzene rings is 1. The molecule has 0 saturated carbocycles. The first kappa shape index (κ1) is 13.0. The molecule has 1 unspecified atom stereocenters. The molecule has 1 aliphatic rings. The molecule has 0 radical (unpaired) electrons. The van der Waals surface area contributed by atoms with E-state index in [2.05, 4.69) is 50.8 Å². The third-order valence-electron chi connectivity index (χ3n) is 2.86. The highest BCUT2D eigenvalue weighted by molar-refractivity contribution is 9.10. The van der Waals surface area contributed by atoms with Crippen molar-refractivity contribution in [3.05, 3.63) is 34.3 Å². The van der Waals surface area contributed by atoms with Gasteiger partial charge in [0.25, 0.3) is 0 Å². The van der Waals surface area contributed by atoms with Crippen LogP contribution >= 0.6 is 15.9 Å². The Kier molecular flexibility index (Phi) is 5.45. The standard InChI is InChI=1S/C13H19BrN2O/c14-12-3-1-2-11(8-12)4-5-15-9-13-10-16-6-7-17-13/h1-3,8,13,15-16H,4-7,9-10H2. The Labute approximate surface area is 111 Å². The van der Waals surface area contributed by atoms with E-state index in [0.717, 1.165) is 43.7 Å². The molecule has 3 nitrogen and oxygen atoms in total. The second kappa shape index (κ2) is 7.11. The van der Waals surface area contributed by atoms with Crippen LogP contribution in [0, 0.1) is 0 Å². The zero-order valence-corrected chi connectivity index (χ0v) is 11.5. The van der Waals surface area contributed by atoms with Crippen LogP contribution in [0.2, 0.25) is 0 Å². The van der Waals surface area contributed by atoms with Crippen molar-refractivity contribution in [2.24, 2.45) is 0 Å². The van der Waals surface area contributed by atoms with Crippen molar-refractivity contribution >= 4 is 15.9 Å². The Morgan fingerprint density at radius 1 is 1.47 bits per heavy atom. The molecule has 1 heterocycles. The molecule has 1 aromatic rings. The van der Waals surface area contributed by atoms with E-state index in [4.69, 9.17) is 4.74 Å². The zero-order valence-electron chi connectivity index (χ0n) is 9.92. The molecule has 2 N–H and O–H groups in total. The van der Waals surface area contributed by atoms with Crippen molar-refractivity contribution in [3.8, 4) is 0 Å². The normalized spacial score (nSPS) is 20.4. The van der Waals surface area contributed by atoms with Gasteiger partial charge < -0.3 is 15.4 Å². The third kappa shape index (κ3) is 4.76. The highest BCUT2D eigenvalue weighted by atomic mass is 79.9. The van der Waals surface area contributed by atoms with Gasteiger partial charge in [0, 0.05) is 24.1 Å². The predicted molar refractivity (Wildman–Crippen MR) is 73.3 cm³/mol. The fourth-order valence-corrected chi connectivity index (χ4v) is 2.39. The van der Waals surface area contributed by atoms with Crippen LogP contribution in [0.1, 0.15) is 5.56 Å². The van der Waals surface area contributed by atoms with Crippen molar-refractivity contribution in [2.75, 3.05) is 32.8 Å². The summed E-state index contributed by atoms with van der Waals surface area (Å²) in [6, 6.07) is 8.46. The molecule has 1 atom stereocenters. The molecule has 4 heteroatoms. The molecule has 0 aliphatic carbocycles. The maximum absolute atomic E-state index is 5.62. The van der Waals surface area contributed by atoms with Gasteiger partial charge in [-0.05, 0) is 30.7 Å². The zero-order chi connectivity index (χ0) is 11.9. The minimum absolute atomic E-state index is 0.325. The molecular weight excluding hydrogens is 280 g/mol. The van der Waals surface area contributed by atoms with Gasteiger partial charge in [0.1, 0.15) is 0 Å². The van der Waals surface area contributed by atoms with Gasteiger partial charge in [0.05, 0.1) is 12.7 Å². The van der Waals surface area contributed by atoms with E-state index in [1.54, 1.807) is 0 Å². The predicted octanol–water partition coefficient (Wildman–Crippen LogP) is 1.57. The summed E-state index contributed by atoms with van der Waals surface area (Å²) in [6.45, 7) is 4.70. The first-order chi connectivity index (χ1) is 8.34. The van der Waals surface area contributed by atoms with E-state index < -0.39 is 0 Å². The summed E-state index contributed by atoms with van der Waals surface area (Å²) in [5.41, 5.74) is 1.36. The number of nitrogens with one attached hydrogen (secondary N) is 2. The molecule has 0 aromatic heterocycles. The van der Waals surface area contributed by atoms with Crippen LogP contribution in [0.25, 0.3) is 0 Å². The molecule has 0 bridgehead atoms. The number of rotatable bonds is 5. The van der Waals surface area contributed by atoms with Gasteiger partial charge in [0.2, 0.25) is 0 Å². The summed E-state index contributed by atoms with van der Waals surface area (Å²) >= 11 is 3.49. The van der Waals surface area contributed by atoms with E-state index in [1.807, 2.05) is 0 Å². The molecule has 1 saturated heterocycles. The monoisotopic (exact) mass is 298 g/mol. The fourth-order valence-electron chi connectivity index (χ4n) is 1.94. The van der Waals surface area contributed by atoms with Crippen molar-refractivity contribution in [3.63, 3.8) is 0 Å². The van der Waals surface area contributed by atoms with Gasteiger partial charge in [-0.1, -0.05) is 28.1 Å². The molecular formula is C13H19BrN2O. The molecule has 0 spiro atoms. The van der Waals surface area contributed by atoms with E-state index in [9.17, 15) is 0 Å². The average Bonchev–Trinajstić information content (AvgIpc) is 2.36. The Hall–Kier alpha value is -0.420. The summed E-state index contributed by atoms with van der Waals surface area (Å²) in [5.74, 6) is 0. The Morgan fingerprint density at radius 2 is 2.41 bits per heavy atom. The van der Waals surface area contributed by atoms with Crippen molar-refractivity contribution < 1.29 is 4.74 Å². The molecule has 1 aliphatic heterocycles. The average molecular weight is 299 g/mol.